The minimum absolute atomic E-state index is 0.0537. The van der Waals surface area contributed by atoms with E-state index < -0.39 is 41.5 Å². The Morgan fingerprint density at radius 1 is 1.21 bits per heavy atom. The lowest BCUT2D eigenvalue weighted by Gasteiger charge is -2.37. The van der Waals surface area contributed by atoms with Crippen LogP contribution in [0, 0.1) is 0 Å². The van der Waals surface area contributed by atoms with Crippen LogP contribution < -0.4 is 5.32 Å². The lowest BCUT2D eigenvalue weighted by Crippen LogP contribution is -2.62. The maximum absolute atomic E-state index is 13.6. The second-order valence-corrected chi connectivity index (χ2v) is 5.62. The van der Waals surface area contributed by atoms with Crippen molar-refractivity contribution in [3.05, 3.63) is 29.8 Å². The van der Waals surface area contributed by atoms with E-state index in [-0.39, 0.29) is 13.0 Å². The molecule has 1 unspecified atom stereocenters. The van der Waals surface area contributed by atoms with Gasteiger partial charge in [0.2, 0.25) is 0 Å². The molecule has 24 heavy (non-hydrogen) atoms. The first-order valence-electron chi connectivity index (χ1n) is 7.06. The summed E-state index contributed by atoms with van der Waals surface area (Å²) >= 11 is 0. The highest BCUT2D eigenvalue weighted by Gasteiger charge is 2.70. The molecular weight excluding hydrogens is 342 g/mol. The Kier molecular flexibility index (Phi) is 3.70. The van der Waals surface area contributed by atoms with Crippen LogP contribution in [0.25, 0.3) is 0 Å². The topological polar surface area (TPSA) is 41.6 Å². The number of esters is 1. The first-order chi connectivity index (χ1) is 11.0. The molecule has 2 aliphatic rings. The van der Waals surface area contributed by atoms with E-state index in [1.165, 1.54) is 0 Å². The number of benzene rings is 1. The Morgan fingerprint density at radius 2 is 1.92 bits per heavy atom. The molecule has 2 aliphatic heterocycles. The van der Waals surface area contributed by atoms with Gasteiger partial charge in [0.15, 0.2) is 0 Å². The second-order valence-electron chi connectivity index (χ2n) is 5.62. The lowest BCUT2D eigenvalue weighted by atomic mass is 10.2. The Balaban J connectivity index is 2.00. The van der Waals surface area contributed by atoms with E-state index in [9.17, 15) is 31.1 Å². The number of carbonyl (C=O) groups excluding carboxylic acids is 1. The molecular formula is C14H12F6N2O2. The Labute approximate surface area is 132 Å². The van der Waals surface area contributed by atoms with Gasteiger partial charge in [-0.1, -0.05) is 6.07 Å². The number of hydrogen-bond acceptors (Lipinski definition) is 4. The highest BCUT2D eigenvalue weighted by atomic mass is 19.4. The molecule has 1 N–H and O–H groups in total. The van der Waals surface area contributed by atoms with Gasteiger partial charge < -0.3 is 10.1 Å². The largest absolute Gasteiger partial charge is 0.465 e. The summed E-state index contributed by atoms with van der Waals surface area (Å²) in [6, 6.07) is 2.27. The Hall–Kier alpha value is -1.97. The third-order valence-electron chi connectivity index (χ3n) is 4.07. The van der Waals surface area contributed by atoms with Crippen molar-refractivity contribution in [1.29, 1.82) is 0 Å². The summed E-state index contributed by atoms with van der Waals surface area (Å²) in [7, 11) is 0. The van der Waals surface area contributed by atoms with Crippen LogP contribution in [0.4, 0.5) is 32.0 Å². The number of halogens is 6. The summed E-state index contributed by atoms with van der Waals surface area (Å²) in [4.78, 5) is 12.6. The summed E-state index contributed by atoms with van der Waals surface area (Å²) in [5.74, 6) is -4.19. The van der Waals surface area contributed by atoms with E-state index >= 15 is 0 Å². The number of carbonyl (C=O) groups is 1. The first-order valence-corrected chi connectivity index (χ1v) is 7.06. The minimum atomic E-state index is -5.03. The predicted octanol–water partition coefficient (Wildman–Crippen LogP) is 3.35. The van der Waals surface area contributed by atoms with Gasteiger partial charge in [0.05, 0.1) is 5.56 Å². The van der Waals surface area contributed by atoms with Crippen molar-refractivity contribution in [2.24, 2.45) is 0 Å². The average Bonchev–Trinajstić information content (AvgIpc) is 3.02. The maximum Gasteiger partial charge on any atom is 0.465 e. The van der Waals surface area contributed by atoms with Crippen LogP contribution in [-0.2, 0) is 15.7 Å². The van der Waals surface area contributed by atoms with Crippen molar-refractivity contribution in [3.63, 3.8) is 0 Å². The summed E-state index contributed by atoms with van der Waals surface area (Å²) in [5, 5.41) is 1.97. The molecule has 0 bridgehead atoms. The molecule has 2 atom stereocenters. The number of hydrogen-bond donors (Lipinski definition) is 1. The van der Waals surface area contributed by atoms with Crippen LogP contribution >= 0.6 is 0 Å². The minimum Gasteiger partial charge on any atom is -0.414 e. The molecule has 2 saturated heterocycles. The Morgan fingerprint density at radius 3 is 2.54 bits per heavy atom. The molecule has 4 nitrogen and oxygen atoms in total. The first kappa shape index (κ1) is 16.9. The third kappa shape index (κ3) is 2.58. The van der Waals surface area contributed by atoms with Gasteiger partial charge in [-0.15, -0.1) is 0 Å². The van der Waals surface area contributed by atoms with Crippen molar-refractivity contribution < 1.29 is 35.9 Å². The zero-order valence-corrected chi connectivity index (χ0v) is 12.0. The standard InChI is InChI=1S/C14H12F6N2O2/c15-12(16,17)8-3-1-4-9(7-8)21-14(13(18,19)20)22-6-2-5-10(22)11(23)24-14/h1,3-4,7,10,21H,2,5-6H2/t10-,14?/m1/s1. The number of rotatable bonds is 2. The van der Waals surface area contributed by atoms with Gasteiger partial charge in [-0.25, -0.2) is 4.90 Å². The van der Waals surface area contributed by atoms with Crippen LogP contribution in [0.15, 0.2) is 24.3 Å². The lowest BCUT2D eigenvalue weighted by molar-refractivity contribution is -0.286. The second kappa shape index (κ2) is 5.27. The van der Waals surface area contributed by atoms with Crippen molar-refractivity contribution in [1.82, 2.24) is 4.90 Å². The fourth-order valence-electron chi connectivity index (χ4n) is 3.02. The van der Waals surface area contributed by atoms with Gasteiger partial charge >= 0.3 is 24.2 Å². The number of alkyl halides is 6. The number of nitrogens with zero attached hydrogens (tertiary/aromatic N) is 1. The summed E-state index contributed by atoms with van der Waals surface area (Å²) in [6.07, 6.45) is -9.16. The van der Waals surface area contributed by atoms with Gasteiger partial charge in [-0.2, -0.15) is 26.3 Å². The molecule has 0 spiro atoms. The molecule has 0 aromatic heterocycles. The molecule has 0 aliphatic carbocycles. The van der Waals surface area contributed by atoms with E-state index in [0.29, 0.717) is 12.5 Å². The Bertz CT molecular complexity index is 659. The zero-order chi connectivity index (χ0) is 17.8. The normalized spacial score (nSPS) is 27.9. The number of anilines is 1. The van der Waals surface area contributed by atoms with E-state index in [1.807, 2.05) is 5.32 Å². The molecule has 132 valence electrons. The highest BCUT2D eigenvalue weighted by molar-refractivity contribution is 5.79. The summed E-state index contributed by atoms with van der Waals surface area (Å²) in [6.45, 7) is -0.0537. The molecule has 1 aromatic rings. The van der Waals surface area contributed by atoms with E-state index in [2.05, 4.69) is 4.74 Å². The molecule has 0 amide bonds. The van der Waals surface area contributed by atoms with Crippen molar-refractivity contribution in [3.8, 4) is 0 Å². The summed E-state index contributed by atoms with van der Waals surface area (Å²) < 4.78 is 83.7. The molecule has 0 saturated carbocycles. The molecule has 2 fully saturated rings. The fourth-order valence-corrected chi connectivity index (χ4v) is 3.02. The van der Waals surface area contributed by atoms with E-state index in [0.717, 1.165) is 23.1 Å². The third-order valence-corrected chi connectivity index (χ3v) is 4.07. The van der Waals surface area contributed by atoms with E-state index in [4.69, 9.17) is 0 Å². The molecule has 0 radical (unpaired) electrons. The molecule has 1 aromatic carbocycles. The predicted molar refractivity (Wildman–Crippen MR) is 69.7 cm³/mol. The van der Waals surface area contributed by atoms with Crippen LogP contribution in [0.3, 0.4) is 0 Å². The number of nitrogens with one attached hydrogen (secondary N) is 1. The number of cyclic esters (lactones) is 1. The van der Waals surface area contributed by atoms with E-state index in [1.54, 1.807) is 0 Å². The molecule has 2 heterocycles. The van der Waals surface area contributed by atoms with Gasteiger partial charge in [0.25, 0.3) is 0 Å². The van der Waals surface area contributed by atoms with Crippen LogP contribution in [0.2, 0.25) is 0 Å². The average molecular weight is 354 g/mol. The number of fused-ring (bicyclic) bond motifs is 1. The van der Waals surface area contributed by atoms with Crippen molar-refractivity contribution in [2.75, 3.05) is 11.9 Å². The van der Waals surface area contributed by atoms with Crippen LogP contribution in [0.1, 0.15) is 18.4 Å². The van der Waals surface area contributed by atoms with Crippen molar-refractivity contribution >= 4 is 11.7 Å². The number of ether oxygens (including phenoxy) is 1. The zero-order valence-electron chi connectivity index (χ0n) is 12.0. The smallest absolute Gasteiger partial charge is 0.414 e. The van der Waals surface area contributed by atoms with Crippen LogP contribution in [0.5, 0.6) is 0 Å². The van der Waals surface area contributed by atoms with Crippen molar-refractivity contribution in [2.45, 2.75) is 37.1 Å². The van der Waals surface area contributed by atoms with Gasteiger partial charge in [0.1, 0.15) is 6.04 Å². The van der Waals surface area contributed by atoms with Gasteiger partial charge in [-0.3, -0.25) is 4.79 Å². The molecule has 10 heteroatoms. The SMILES string of the molecule is O=C1OC(Nc2cccc(C(F)(F)F)c2)(C(F)(F)F)N2CCC[C@H]12. The molecule has 3 rings (SSSR count). The van der Waals surface area contributed by atoms with Gasteiger partial charge in [0, 0.05) is 12.2 Å². The van der Waals surface area contributed by atoms with Crippen LogP contribution in [-0.4, -0.2) is 35.5 Å². The maximum atomic E-state index is 13.6. The fraction of sp³-hybridized carbons (Fsp3) is 0.500. The highest BCUT2D eigenvalue weighted by Crippen LogP contribution is 2.46. The summed E-state index contributed by atoms with van der Waals surface area (Å²) in [5.41, 5.74) is -1.55. The quantitative estimate of drug-likeness (QED) is 0.653. The monoisotopic (exact) mass is 354 g/mol. The van der Waals surface area contributed by atoms with Gasteiger partial charge in [-0.05, 0) is 31.0 Å².